The average molecular weight is 253 g/mol. The number of carbonyl (C=O) groups is 1. The third-order valence-electron chi connectivity index (χ3n) is 4.26. The molecule has 0 aliphatic heterocycles. The molecule has 5 nitrogen and oxygen atoms in total. The van der Waals surface area contributed by atoms with Crippen LogP contribution in [0.25, 0.3) is 0 Å². The first-order valence-electron chi connectivity index (χ1n) is 6.95. The van der Waals surface area contributed by atoms with Gasteiger partial charge in [-0.1, -0.05) is 30.8 Å². The molecule has 0 saturated heterocycles. The summed E-state index contributed by atoms with van der Waals surface area (Å²) in [5, 5.41) is 14.9. The van der Waals surface area contributed by atoms with E-state index < -0.39 is 5.41 Å². The van der Waals surface area contributed by atoms with Gasteiger partial charge in [-0.2, -0.15) is 0 Å². The highest BCUT2D eigenvalue weighted by Crippen LogP contribution is 2.38. The van der Waals surface area contributed by atoms with Gasteiger partial charge >= 0.3 is 0 Å². The molecule has 0 aromatic heterocycles. The fraction of sp³-hybridized carbons (Fsp3) is 0.846. The maximum Gasteiger partial charge on any atom is 0.233 e. The summed E-state index contributed by atoms with van der Waals surface area (Å²) in [4.78, 5) is 12.2. The minimum Gasteiger partial charge on any atom is -0.409 e. The Labute approximate surface area is 108 Å². The van der Waals surface area contributed by atoms with Crippen molar-refractivity contribution >= 4 is 11.7 Å². The number of nitrogens with zero attached hydrogens (tertiary/aromatic N) is 1. The Morgan fingerprint density at radius 1 is 1.39 bits per heavy atom. The minimum absolute atomic E-state index is 0.0638. The molecule has 0 bridgehead atoms. The topological polar surface area (TPSA) is 87.7 Å². The van der Waals surface area contributed by atoms with Gasteiger partial charge in [0, 0.05) is 6.54 Å². The standard InChI is InChI=1S/C13H23N3O2/c14-11(16-18)13(7-1-2-8-13)12(17)15-9-3-4-10-5-6-10/h10,18H,1-9H2,(H2,14,16)(H,15,17). The van der Waals surface area contributed by atoms with Crippen molar-refractivity contribution in [1.29, 1.82) is 0 Å². The van der Waals surface area contributed by atoms with E-state index in [1.807, 2.05) is 0 Å². The van der Waals surface area contributed by atoms with Crippen LogP contribution in [0, 0.1) is 11.3 Å². The van der Waals surface area contributed by atoms with Crippen LogP contribution in [-0.2, 0) is 4.79 Å². The first-order valence-corrected chi connectivity index (χ1v) is 6.95. The van der Waals surface area contributed by atoms with Crippen LogP contribution in [0.4, 0.5) is 0 Å². The largest absolute Gasteiger partial charge is 0.409 e. The molecule has 2 fully saturated rings. The Morgan fingerprint density at radius 3 is 2.61 bits per heavy atom. The van der Waals surface area contributed by atoms with Crippen LogP contribution in [0.1, 0.15) is 51.4 Å². The summed E-state index contributed by atoms with van der Waals surface area (Å²) in [5.74, 6) is 0.900. The molecule has 4 N–H and O–H groups in total. The highest BCUT2D eigenvalue weighted by Gasteiger charge is 2.45. The third kappa shape index (κ3) is 2.76. The molecular weight excluding hydrogens is 230 g/mol. The van der Waals surface area contributed by atoms with Gasteiger partial charge in [-0.05, 0) is 31.6 Å². The molecule has 5 heteroatoms. The summed E-state index contributed by atoms with van der Waals surface area (Å²) in [5.41, 5.74) is 4.96. The van der Waals surface area contributed by atoms with Crippen molar-refractivity contribution in [1.82, 2.24) is 5.32 Å². The van der Waals surface area contributed by atoms with Crippen LogP contribution in [0.2, 0.25) is 0 Å². The molecule has 0 aromatic carbocycles. The Morgan fingerprint density at radius 2 is 2.06 bits per heavy atom. The van der Waals surface area contributed by atoms with E-state index in [1.165, 1.54) is 19.3 Å². The maximum absolute atomic E-state index is 12.2. The minimum atomic E-state index is -0.756. The molecule has 2 aliphatic carbocycles. The second-order valence-corrected chi connectivity index (χ2v) is 5.62. The van der Waals surface area contributed by atoms with Crippen molar-refractivity contribution < 1.29 is 10.0 Å². The first-order chi connectivity index (χ1) is 8.69. The number of nitrogens with one attached hydrogen (secondary N) is 1. The van der Waals surface area contributed by atoms with Crippen molar-refractivity contribution in [3.8, 4) is 0 Å². The number of hydrogen-bond donors (Lipinski definition) is 3. The molecule has 18 heavy (non-hydrogen) atoms. The number of amides is 1. The van der Waals surface area contributed by atoms with E-state index in [4.69, 9.17) is 10.9 Å². The zero-order valence-corrected chi connectivity index (χ0v) is 10.8. The van der Waals surface area contributed by atoms with Gasteiger partial charge in [0.2, 0.25) is 5.91 Å². The molecule has 102 valence electrons. The lowest BCUT2D eigenvalue weighted by Crippen LogP contribution is -2.48. The number of hydrogen-bond acceptors (Lipinski definition) is 3. The summed E-state index contributed by atoms with van der Waals surface area (Å²) in [6.45, 7) is 0.704. The van der Waals surface area contributed by atoms with Crippen LogP contribution in [-0.4, -0.2) is 23.5 Å². The smallest absolute Gasteiger partial charge is 0.233 e. The summed E-state index contributed by atoms with van der Waals surface area (Å²) in [7, 11) is 0. The van der Waals surface area contributed by atoms with Crippen molar-refractivity contribution in [2.75, 3.05) is 6.54 Å². The number of amidine groups is 1. The predicted molar refractivity (Wildman–Crippen MR) is 69.3 cm³/mol. The summed E-state index contributed by atoms with van der Waals surface area (Å²) in [6, 6.07) is 0. The molecule has 2 rings (SSSR count). The summed E-state index contributed by atoms with van der Waals surface area (Å²) in [6.07, 6.45) is 8.25. The molecule has 2 aliphatic rings. The van der Waals surface area contributed by atoms with Gasteiger partial charge in [-0.25, -0.2) is 0 Å². The van der Waals surface area contributed by atoms with Gasteiger partial charge in [0.1, 0.15) is 5.41 Å². The molecule has 0 heterocycles. The molecule has 2 saturated carbocycles. The van der Waals surface area contributed by atoms with Gasteiger partial charge < -0.3 is 16.3 Å². The fourth-order valence-corrected chi connectivity index (χ4v) is 2.84. The summed E-state index contributed by atoms with van der Waals surface area (Å²) >= 11 is 0. The fourth-order valence-electron chi connectivity index (χ4n) is 2.84. The zero-order chi connectivity index (χ0) is 13.0. The number of rotatable bonds is 6. The summed E-state index contributed by atoms with van der Waals surface area (Å²) < 4.78 is 0. The molecule has 0 atom stereocenters. The highest BCUT2D eigenvalue weighted by atomic mass is 16.4. The average Bonchev–Trinajstić information content (AvgIpc) is 3.07. The molecule has 0 aromatic rings. The quantitative estimate of drug-likeness (QED) is 0.221. The highest BCUT2D eigenvalue weighted by molar-refractivity contribution is 6.07. The van der Waals surface area contributed by atoms with Crippen LogP contribution >= 0.6 is 0 Å². The van der Waals surface area contributed by atoms with E-state index in [0.717, 1.165) is 25.2 Å². The van der Waals surface area contributed by atoms with Gasteiger partial charge in [0.05, 0.1) is 0 Å². The molecule has 0 unspecified atom stereocenters. The normalized spacial score (nSPS) is 23.0. The van der Waals surface area contributed by atoms with Crippen LogP contribution in [0.3, 0.4) is 0 Å². The first kappa shape index (κ1) is 13.2. The third-order valence-corrected chi connectivity index (χ3v) is 4.26. The number of oxime groups is 1. The SMILES string of the molecule is NC(=NO)C1(C(=O)NCCCC2CC2)CCCC1. The Kier molecular flexibility index (Phi) is 4.09. The van der Waals surface area contributed by atoms with E-state index in [9.17, 15) is 4.79 Å². The van der Waals surface area contributed by atoms with Gasteiger partial charge in [-0.15, -0.1) is 0 Å². The van der Waals surface area contributed by atoms with Crippen LogP contribution < -0.4 is 11.1 Å². The molecule has 0 spiro atoms. The monoisotopic (exact) mass is 253 g/mol. The lowest BCUT2D eigenvalue weighted by Gasteiger charge is -2.25. The van der Waals surface area contributed by atoms with Crippen molar-refractivity contribution in [2.45, 2.75) is 51.4 Å². The van der Waals surface area contributed by atoms with Crippen molar-refractivity contribution in [3.63, 3.8) is 0 Å². The van der Waals surface area contributed by atoms with E-state index in [2.05, 4.69) is 10.5 Å². The van der Waals surface area contributed by atoms with E-state index >= 15 is 0 Å². The molecule has 0 radical (unpaired) electrons. The van der Waals surface area contributed by atoms with E-state index in [0.29, 0.717) is 19.4 Å². The van der Waals surface area contributed by atoms with E-state index in [-0.39, 0.29) is 11.7 Å². The van der Waals surface area contributed by atoms with Crippen LogP contribution in [0.15, 0.2) is 5.16 Å². The Balaban J connectivity index is 1.83. The second-order valence-electron chi connectivity index (χ2n) is 5.62. The Hall–Kier alpha value is -1.26. The molecular formula is C13H23N3O2. The zero-order valence-electron chi connectivity index (χ0n) is 10.8. The lowest BCUT2D eigenvalue weighted by atomic mass is 9.84. The van der Waals surface area contributed by atoms with Crippen LogP contribution in [0.5, 0.6) is 0 Å². The lowest BCUT2D eigenvalue weighted by molar-refractivity contribution is -0.127. The number of carbonyl (C=O) groups excluding carboxylic acids is 1. The predicted octanol–water partition coefficient (Wildman–Crippen LogP) is 1.60. The van der Waals surface area contributed by atoms with Gasteiger partial charge in [0.25, 0.3) is 0 Å². The van der Waals surface area contributed by atoms with Gasteiger partial charge in [-0.3, -0.25) is 4.79 Å². The van der Waals surface area contributed by atoms with Crippen molar-refractivity contribution in [3.05, 3.63) is 0 Å². The van der Waals surface area contributed by atoms with E-state index in [1.54, 1.807) is 0 Å². The Bertz CT molecular complexity index is 331. The second kappa shape index (κ2) is 5.59. The molecule has 1 amide bonds. The van der Waals surface area contributed by atoms with Crippen molar-refractivity contribution in [2.24, 2.45) is 22.2 Å². The number of nitrogens with two attached hydrogens (primary N) is 1. The van der Waals surface area contributed by atoms with Gasteiger partial charge in [0.15, 0.2) is 5.84 Å². The maximum atomic E-state index is 12.2.